The third-order valence-corrected chi connectivity index (χ3v) is 1.98. The van der Waals surface area contributed by atoms with Gasteiger partial charge in [-0.1, -0.05) is 11.6 Å². The van der Waals surface area contributed by atoms with Crippen LogP contribution in [0.2, 0.25) is 0 Å². The van der Waals surface area contributed by atoms with Crippen LogP contribution < -0.4 is 0 Å². The summed E-state index contributed by atoms with van der Waals surface area (Å²) < 4.78 is 99.6. The number of likely N-dealkylation sites (N-methyl/N-ethyl adjacent to an activating group) is 1. The van der Waals surface area contributed by atoms with Gasteiger partial charge < -0.3 is 9.88 Å². The van der Waals surface area contributed by atoms with Gasteiger partial charge in [0.1, 0.15) is 0 Å². The van der Waals surface area contributed by atoms with Gasteiger partial charge in [-0.15, -0.1) is 0 Å². The first-order valence-corrected chi connectivity index (χ1v) is 4.24. The van der Waals surface area contributed by atoms with Crippen LogP contribution >= 0.6 is 0 Å². The molecule has 0 atom stereocenters. The molecule has 15 heavy (non-hydrogen) atoms. The van der Waals surface area contributed by atoms with Gasteiger partial charge >= 0.3 is 0 Å². The van der Waals surface area contributed by atoms with E-state index in [1.54, 1.807) is 0 Å². The SMILES string of the molecule is [2H]C([2H])([2H])c1ccc2[nH]cc(C([2H])([2H])C([2H])([2H])N(C([2H])([2H])[2H])C([2H])([2H])[2H])c2c1. The number of hydrogen-bond donors (Lipinski definition) is 1. The van der Waals surface area contributed by atoms with Crippen LogP contribution in [0, 0.1) is 6.85 Å². The van der Waals surface area contributed by atoms with Crippen LogP contribution in [0.25, 0.3) is 10.9 Å². The van der Waals surface area contributed by atoms with E-state index in [9.17, 15) is 0 Å². The number of aryl methyl sites for hydroxylation is 2. The van der Waals surface area contributed by atoms with Gasteiger partial charge in [0.2, 0.25) is 0 Å². The van der Waals surface area contributed by atoms with Crippen molar-refractivity contribution in [1.29, 1.82) is 0 Å². The number of rotatable bonds is 3. The molecule has 0 aliphatic rings. The summed E-state index contributed by atoms with van der Waals surface area (Å²) in [4.78, 5) is 2.21. The maximum absolute atomic E-state index is 8.27. The van der Waals surface area contributed by atoms with Crippen molar-refractivity contribution in [2.24, 2.45) is 0 Å². The highest BCUT2D eigenvalue weighted by Gasteiger charge is 2.03. The van der Waals surface area contributed by atoms with Crippen LogP contribution in [0.1, 0.15) is 28.9 Å². The predicted molar refractivity (Wildman–Crippen MR) is 65.3 cm³/mol. The van der Waals surface area contributed by atoms with Crippen LogP contribution in [-0.4, -0.2) is 30.3 Å². The lowest BCUT2D eigenvalue weighted by Gasteiger charge is -2.08. The van der Waals surface area contributed by atoms with Crippen LogP contribution in [0.15, 0.2) is 24.4 Å². The molecule has 2 nitrogen and oxygen atoms in total. The highest BCUT2D eigenvalue weighted by Crippen LogP contribution is 2.19. The molecule has 1 aromatic carbocycles. The second-order valence-corrected chi connectivity index (χ2v) is 3.03. The molecule has 2 heteroatoms. The fourth-order valence-corrected chi connectivity index (χ4v) is 1.34. The molecule has 0 bridgehead atoms. The zero-order chi connectivity index (χ0) is 21.9. The summed E-state index contributed by atoms with van der Waals surface area (Å²) in [6.07, 6.45) is -2.05. The summed E-state index contributed by atoms with van der Waals surface area (Å²) in [6, 6.07) is 3.82. The molecule has 0 unspecified atom stereocenters. The Hall–Kier alpha value is -1.28. The van der Waals surface area contributed by atoms with E-state index < -0.39 is 44.1 Å². The largest absolute Gasteiger partial charge is 0.361 e. The number of H-pyrrole nitrogens is 1. The Morgan fingerprint density at radius 3 is 3.20 bits per heavy atom. The number of nitrogens with one attached hydrogen (secondary N) is 1. The number of hydrogen-bond acceptors (Lipinski definition) is 1. The summed E-state index contributed by atoms with van der Waals surface area (Å²) in [7, 11) is 0. The lowest BCUT2D eigenvalue weighted by atomic mass is 10.1. The Balaban J connectivity index is 2.71. The van der Waals surface area contributed by atoms with Crippen molar-refractivity contribution >= 4 is 10.9 Å². The van der Waals surface area contributed by atoms with Crippen molar-refractivity contribution in [3.05, 3.63) is 35.5 Å². The Bertz CT molecular complexity index is 842. The van der Waals surface area contributed by atoms with Crippen LogP contribution in [-0.2, 0) is 6.37 Å². The van der Waals surface area contributed by atoms with Crippen molar-refractivity contribution in [2.45, 2.75) is 13.2 Å². The fourth-order valence-electron chi connectivity index (χ4n) is 1.34. The lowest BCUT2D eigenvalue weighted by molar-refractivity contribution is 0.414. The first-order valence-electron chi connectivity index (χ1n) is 10.7. The molecule has 0 aliphatic carbocycles. The van der Waals surface area contributed by atoms with Gasteiger partial charge in [0.15, 0.2) is 0 Å². The van der Waals surface area contributed by atoms with E-state index in [-0.39, 0.29) is 16.5 Å². The Labute approximate surface area is 108 Å². The van der Waals surface area contributed by atoms with Crippen molar-refractivity contribution in [3.63, 3.8) is 0 Å². The first kappa shape index (κ1) is 2.89. The number of fused-ring (bicyclic) bond motifs is 1. The number of aromatic amines is 1. The van der Waals surface area contributed by atoms with E-state index in [1.807, 2.05) is 0 Å². The van der Waals surface area contributed by atoms with Gasteiger partial charge in [0.25, 0.3) is 0 Å². The number of nitrogens with zero attached hydrogens (tertiary/aromatic N) is 1. The van der Waals surface area contributed by atoms with Crippen LogP contribution in [0.5, 0.6) is 0 Å². The zero-order valence-corrected chi connectivity index (χ0v) is 7.76. The van der Waals surface area contributed by atoms with E-state index in [2.05, 4.69) is 4.98 Å². The minimum absolute atomic E-state index is 0.0125. The monoisotopic (exact) mass is 215 g/mol. The normalized spacial score (nSPS) is 28.7. The van der Waals surface area contributed by atoms with Gasteiger partial charge in [-0.3, -0.25) is 0 Å². The molecular formula is C13H18N2. The Morgan fingerprint density at radius 1 is 1.47 bits per heavy atom. The second-order valence-electron chi connectivity index (χ2n) is 3.03. The quantitative estimate of drug-likeness (QED) is 0.834. The molecule has 2 rings (SSSR count). The standard InChI is InChI=1S/C13H18N2/c1-10-4-5-13-12(8-10)11(9-14-13)6-7-15(2)3/h4-5,8-9,14H,6-7H2,1-3H3/i1D3,2D3,3D3,6D2,7D2. The van der Waals surface area contributed by atoms with Crippen LogP contribution in [0.4, 0.5) is 0 Å². The third kappa shape index (κ3) is 2.21. The molecule has 0 saturated heterocycles. The van der Waals surface area contributed by atoms with Crippen molar-refractivity contribution in [1.82, 2.24) is 9.88 Å². The molecule has 0 amide bonds. The van der Waals surface area contributed by atoms with Crippen molar-refractivity contribution in [2.75, 3.05) is 20.4 Å². The zero-order valence-electron chi connectivity index (χ0n) is 20.8. The molecular weight excluding hydrogens is 184 g/mol. The number of aromatic nitrogens is 1. The molecule has 1 N–H and O–H groups in total. The molecule has 0 saturated carbocycles. The average Bonchev–Trinajstić information content (AvgIpc) is 2.85. The lowest BCUT2D eigenvalue weighted by Crippen LogP contribution is -2.14. The summed E-state index contributed by atoms with van der Waals surface area (Å²) in [5.74, 6) is 0. The van der Waals surface area contributed by atoms with Crippen molar-refractivity contribution in [3.8, 4) is 0 Å². The predicted octanol–water partition coefficient (Wildman–Crippen LogP) is 2.58. The topological polar surface area (TPSA) is 19.0 Å². The minimum atomic E-state index is -3.49. The summed E-state index contributed by atoms with van der Waals surface area (Å²) in [5.41, 5.74) is -0.227. The average molecular weight is 215 g/mol. The van der Waals surface area contributed by atoms with E-state index in [0.717, 1.165) is 12.3 Å². The van der Waals surface area contributed by atoms with E-state index >= 15 is 0 Å². The van der Waals surface area contributed by atoms with Gasteiger partial charge in [-0.05, 0) is 44.9 Å². The molecule has 1 aromatic heterocycles. The molecule has 0 fully saturated rings. The van der Waals surface area contributed by atoms with Gasteiger partial charge in [-0.2, -0.15) is 0 Å². The first-order chi connectivity index (χ1) is 12.3. The molecule has 2 aromatic rings. The summed E-state index contributed by atoms with van der Waals surface area (Å²) >= 11 is 0. The molecule has 0 aliphatic heterocycles. The Kier molecular flexibility index (Phi) is 0.784. The highest BCUT2D eigenvalue weighted by molar-refractivity contribution is 5.83. The molecule has 80 valence electrons. The minimum Gasteiger partial charge on any atom is -0.361 e. The van der Waals surface area contributed by atoms with Crippen LogP contribution in [0.3, 0.4) is 0 Å². The van der Waals surface area contributed by atoms with E-state index in [0.29, 0.717) is 0 Å². The van der Waals surface area contributed by atoms with Gasteiger partial charge in [0.05, 0.1) is 0 Å². The Morgan fingerprint density at radius 2 is 2.40 bits per heavy atom. The highest BCUT2D eigenvalue weighted by atomic mass is 15.0. The summed E-state index contributed by atoms with van der Waals surface area (Å²) in [5, 5.41) is 0.0125. The van der Waals surface area contributed by atoms with Crippen molar-refractivity contribution < 1.29 is 17.8 Å². The maximum atomic E-state index is 8.27. The maximum Gasteiger partial charge on any atom is 0.0456 e. The second kappa shape index (κ2) is 4.07. The van der Waals surface area contributed by atoms with E-state index in [1.165, 1.54) is 12.1 Å². The molecule has 0 radical (unpaired) electrons. The van der Waals surface area contributed by atoms with Gasteiger partial charge in [-0.25, -0.2) is 0 Å². The van der Waals surface area contributed by atoms with Gasteiger partial charge in [0, 0.05) is 41.4 Å². The third-order valence-electron chi connectivity index (χ3n) is 1.98. The molecule has 0 spiro atoms. The fraction of sp³-hybridized carbons (Fsp3) is 0.385. The smallest absolute Gasteiger partial charge is 0.0456 e. The van der Waals surface area contributed by atoms with E-state index in [4.69, 9.17) is 17.8 Å². The molecule has 1 heterocycles. The summed E-state index contributed by atoms with van der Waals surface area (Å²) in [6.45, 7) is -12.9. The number of benzene rings is 1.